The average Bonchev–Trinajstić information content (AvgIpc) is 2.85. The molecule has 2 aromatic heterocycles. The third kappa shape index (κ3) is 1.97. The summed E-state index contributed by atoms with van der Waals surface area (Å²) in [4.78, 5) is 27.4. The number of hydrogen-bond acceptors (Lipinski definition) is 3. The highest BCUT2D eigenvalue weighted by molar-refractivity contribution is 6.05. The molecule has 6 nitrogen and oxygen atoms in total. The highest BCUT2D eigenvalue weighted by atomic mass is 16.2. The summed E-state index contributed by atoms with van der Waals surface area (Å²) in [5.41, 5.74) is 1.27. The molecule has 2 heterocycles. The van der Waals surface area contributed by atoms with E-state index < -0.39 is 5.91 Å². The SMILES string of the molecule is Cc1cn[nH]c1NC(=O)c1c[nH]c2ccccc2c1=O. The third-order valence-corrected chi connectivity index (χ3v) is 3.10. The van der Waals surface area contributed by atoms with Crippen LogP contribution in [0.1, 0.15) is 15.9 Å². The fourth-order valence-electron chi connectivity index (χ4n) is 1.99. The second-order valence-electron chi connectivity index (χ2n) is 4.46. The van der Waals surface area contributed by atoms with Gasteiger partial charge in [-0.05, 0) is 19.1 Å². The van der Waals surface area contributed by atoms with Gasteiger partial charge in [0.15, 0.2) is 0 Å². The molecule has 0 atom stereocenters. The van der Waals surface area contributed by atoms with Crippen LogP contribution in [0.5, 0.6) is 0 Å². The summed E-state index contributed by atoms with van der Waals surface area (Å²) in [6, 6.07) is 7.06. The van der Waals surface area contributed by atoms with Gasteiger partial charge in [-0.1, -0.05) is 12.1 Å². The monoisotopic (exact) mass is 268 g/mol. The molecular formula is C14H12N4O2. The van der Waals surface area contributed by atoms with Crippen LogP contribution in [0.15, 0.2) is 41.5 Å². The maximum absolute atomic E-state index is 12.3. The summed E-state index contributed by atoms with van der Waals surface area (Å²) in [7, 11) is 0. The molecule has 0 aliphatic rings. The zero-order valence-electron chi connectivity index (χ0n) is 10.7. The van der Waals surface area contributed by atoms with E-state index in [1.165, 1.54) is 6.20 Å². The van der Waals surface area contributed by atoms with Crippen molar-refractivity contribution in [1.29, 1.82) is 0 Å². The van der Waals surface area contributed by atoms with E-state index in [1.807, 2.05) is 13.0 Å². The van der Waals surface area contributed by atoms with E-state index in [9.17, 15) is 9.59 Å². The van der Waals surface area contributed by atoms with Crippen molar-refractivity contribution < 1.29 is 4.79 Å². The molecule has 0 aliphatic heterocycles. The number of anilines is 1. The Labute approximate surface area is 113 Å². The van der Waals surface area contributed by atoms with E-state index in [1.54, 1.807) is 24.4 Å². The zero-order valence-corrected chi connectivity index (χ0v) is 10.7. The predicted octanol–water partition coefficient (Wildman–Crippen LogP) is 1.81. The van der Waals surface area contributed by atoms with Crippen LogP contribution in [0.25, 0.3) is 10.9 Å². The Balaban J connectivity index is 2.02. The molecule has 0 aliphatic carbocycles. The topological polar surface area (TPSA) is 90.6 Å². The summed E-state index contributed by atoms with van der Waals surface area (Å²) in [6.07, 6.45) is 3.02. The van der Waals surface area contributed by atoms with Gasteiger partial charge in [0.25, 0.3) is 5.91 Å². The Kier molecular flexibility index (Phi) is 2.83. The molecule has 6 heteroatoms. The van der Waals surface area contributed by atoms with Crippen molar-refractivity contribution in [2.45, 2.75) is 6.92 Å². The number of pyridine rings is 1. The lowest BCUT2D eigenvalue weighted by atomic mass is 10.1. The quantitative estimate of drug-likeness (QED) is 0.662. The van der Waals surface area contributed by atoms with Crippen molar-refractivity contribution >= 4 is 22.6 Å². The Bertz CT molecular complexity index is 848. The molecule has 100 valence electrons. The summed E-state index contributed by atoms with van der Waals surface area (Å²) < 4.78 is 0. The standard InChI is InChI=1S/C14H12N4O2/c1-8-6-16-18-13(8)17-14(20)10-7-15-11-5-3-2-4-9(11)12(10)19/h2-7H,1H3,(H,15,19)(H2,16,17,18,20). The smallest absolute Gasteiger partial charge is 0.262 e. The molecule has 1 aromatic carbocycles. The largest absolute Gasteiger partial charge is 0.360 e. The number of hydrogen-bond donors (Lipinski definition) is 3. The molecule has 3 aromatic rings. The number of para-hydroxylation sites is 1. The van der Waals surface area contributed by atoms with Crippen molar-refractivity contribution in [1.82, 2.24) is 15.2 Å². The van der Waals surface area contributed by atoms with E-state index in [4.69, 9.17) is 0 Å². The minimum absolute atomic E-state index is 0.0673. The number of rotatable bonds is 2. The van der Waals surface area contributed by atoms with E-state index in [2.05, 4.69) is 20.5 Å². The minimum atomic E-state index is -0.468. The Morgan fingerprint density at radius 1 is 1.30 bits per heavy atom. The summed E-state index contributed by atoms with van der Waals surface area (Å²) >= 11 is 0. The van der Waals surface area contributed by atoms with Crippen LogP contribution in [0.3, 0.4) is 0 Å². The van der Waals surface area contributed by atoms with E-state index in [-0.39, 0.29) is 11.0 Å². The third-order valence-electron chi connectivity index (χ3n) is 3.10. The first kappa shape index (κ1) is 12.2. The molecule has 20 heavy (non-hydrogen) atoms. The first-order valence-electron chi connectivity index (χ1n) is 6.08. The summed E-state index contributed by atoms with van der Waals surface area (Å²) in [5, 5.41) is 9.61. The average molecular weight is 268 g/mol. The highest BCUT2D eigenvalue weighted by Crippen LogP contribution is 2.11. The normalized spacial score (nSPS) is 10.7. The van der Waals surface area contributed by atoms with Crippen LogP contribution < -0.4 is 10.7 Å². The van der Waals surface area contributed by atoms with Crippen LogP contribution in [0, 0.1) is 6.92 Å². The molecular weight excluding hydrogens is 256 g/mol. The number of fused-ring (bicyclic) bond motifs is 1. The lowest BCUT2D eigenvalue weighted by Crippen LogP contribution is -2.22. The number of nitrogens with zero attached hydrogens (tertiary/aromatic N) is 1. The zero-order chi connectivity index (χ0) is 14.1. The lowest BCUT2D eigenvalue weighted by Gasteiger charge is -2.04. The van der Waals surface area contributed by atoms with Gasteiger partial charge in [0.2, 0.25) is 5.43 Å². The van der Waals surface area contributed by atoms with Crippen molar-refractivity contribution in [3.63, 3.8) is 0 Å². The summed E-state index contributed by atoms with van der Waals surface area (Å²) in [5.74, 6) is 0.0203. The molecule has 0 radical (unpaired) electrons. The van der Waals surface area contributed by atoms with Crippen LogP contribution in [0.2, 0.25) is 0 Å². The molecule has 0 saturated heterocycles. The number of aromatic nitrogens is 3. The van der Waals surface area contributed by atoms with Gasteiger partial charge in [-0.25, -0.2) is 0 Å². The Hall–Kier alpha value is -2.89. The molecule has 1 amide bonds. The number of carbonyl (C=O) groups excluding carboxylic acids is 1. The number of aryl methyl sites for hydroxylation is 1. The molecule has 0 fully saturated rings. The van der Waals surface area contributed by atoms with Gasteiger partial charge in [-0.2, -0.15) is 5.10 Å². The van der Waals surface area contributed by atoms with Gasteiger partial charge in [0, 0.05) is 22.7 Å². The molecule has 0 unspecified atom stereocenters. The van der Waals surface area contributed by atoms with Crippen molar-refractivity contribution in [3.8, 4) is 0 Å². The van der Waals surface area contributed by atoms with Crippen molar-refractivity contribution in [2.24, 2.45) is 0 Å². The van der Waals surface area contributed by atoms with Crippen molar-refractivity contribution in [3.05, 3.63) is 58.0 Å². The van der Waals surface area contributed by atoms with Crippen LogP contribution in [0.4, 0.5) is 5.82 Å². The molecule has 0 saturated carbocycles. The van der Waals surface area contributed by atoms with E-state index in [0.29, 0.717) is 16.7 Å². The number of aromatic amines is 2. The number of nitrogens with one attached hydrogen (secondary N) is 3. The van der Waals surface area contributed by atoms with Crippen molar-refractivity contribution in [2.75, 3.05) is 5.32 Å². The lowest BCUT2D eigenvalue weighted by molar-refractivity contribution is 0.102. The van der Waals surface area contributed by atoms with E-state index in [0.717, 1.165) is 5.56 Å². The van der Waals surface area contributed by atoms with Gasteiger partial charge >= 0.3 is 0 Å². The second-order valence-corrected chi connectivity index (χ2v) is 4.46. The Morgan fingerprint density at radius 2 is 2.10 bits per heavy atom. The highest BCUT2D eigenvalue weighted by Gasteiger charge is 2.14. The van der Waals surface area contributed by atoms with Gasteiger partial charge < -0.3 is 10.3 Å². The fraction of sp³-hybridized carbons (Fsp3) is 0.0714. The summed E-state index contributed by atoms with van der Waals surface area (Å²) in [6.45, 7) is 1.81. The van der Waals surface area contributed by atoms with Crippen LogP contribution >= 0.6 is 0 Å². The number of amides is 1. The predicted molar refractivity (Wildman–Crippen MR) is 75.8 cm³/mol. The number of H-pyrrole nitrogens is 2. The van der Waals surface area contributed by atoms with Crippen LogP contribution in [-0.4, -0.2) is 21.1 Å². The van der Waals surface area contributed by atoms with Gasteiger partial charge in [-0.3, -0.25) is 14.7 Å². The number of benzene rings is 1. The molecule has 3 N–H and O–H groups in total. The van der Waals surface area contributed by atoms with Gasteiger partial charge in [0.1, 0.15) is 11.4 Å². The molecule has 0 bridgehead atoms. The second kappa shape index (κ2) is 4.65. The minimum Gasteiger partial charge on any atom is -0.360 e. The Morgan fingerprint density at radius 3 is 2.85 bits per heavy atom. The van der Waals surface area contributed by atoms with Gasteiger partial charge in [0.05, 0.1) is 6.20 Å². The van der Waals surface area contributed by atoms with Gasteiger partial charge in [-0.15, -0.1) is 0 Å². The van der Waals surface area contributed by atoms with E-state index >= 15 is 0 Å². The maximum Gasteiger partial charge on any atom is 0.262 e. The fourth-order valence-corrected chi connectivity index (χ4v) is 1.99. The van der Waals surface area contributed by atoms with Crippen LogP contribution in [-0.2, 0) is 0 Å². The first-order chi connectivity index (χ1) is 9.66. The first-order valence-corrected chi connectivity index (χ1v) is 6.08. The maximum atomic E-state index is 12.3. The molecule has 3 rings (SSSR count). The molecule has 0 spiro atoms. The number of carbonyl (C=O) groups is 1.